The maximum atomic E-state index is 10.3. The summed E-state index contributed by atoms with van der Waals surface area (Å²) >= 11 is 5.67. The van der Waals surface area contributed by atoms with E-state index in [1.807, 2.05) is 0 Å². The van der Waals surface area contributed by atoms with E-state index < -0.39 is 5.97 Å². The van der Waals surface area contributed by atoms with Gasteiger partial charge in [0.25, 0.3) is 0 Å². The van der Waals surface area contributed by atoms with Gasteiger partial charge in [-0.25, -0.2) is 0 Å². The monoisotopic (exact) mass is 169 g/mol. The van der Waals surface area contributed by atoms with Gasteiger partial charge < -0.3 is 9.90 Å². The number of carbonyl (C=O) groups excluding carboxylic acids is 1. The minimum Gasteiger partial charge on any atom is -0.545 e. The SMILES string of the molecule is Cc1cc(C(=O)[O-])ccc1Cl. The van der Waals surface area contributed by atoms with Gasteiger partial charge in [-0.15, -0.1) is 0 Å². The molecule has 1 aromatic rings. The van der Waals surface area contributed by atoms with Gasteiger partial charge in [0.05, 0.1) is 5.97 Å². The van der Waals surface area contributed by atoms with Gasteiger partial charge in [0, 0.05) is 5.02 Å². The Bertz CT molecular complexity index is 294. The van der Waals surface area contributed by atoms with E-state index in [1.165, 1.54) is 12.1 Å². The standard InChI is InChI=1S/C8H7ClO2/c1-5-4-6(8(10)11)2-3-7(5)9/h2-4H,1H3,(H,10,11)/p-1. The van der Waals surface area contributed by atoms with Crippen molar-refractivity contribution < 1.29 is 9.90 Å². The summed E-state index contributed by atoms with van der Waals surface area (Å²) in [4.78, 5) is 10.3. The van der Waals surface area contributed by atoms with Crippen LogP contribution in [-0.2, 0) is 0 Å². The first kappa shape index (κ1) is 8.08. The first-order valence-corrected chi connectivity index (χ1v) is 3.46. The lowest BCUT2D eigenvalue weighted by Crippen LogP contribution is -2.22. The molecule has 0 aliphatic carbocycles. The molecule has 0 amide bonds. The fourth-order valence-electron chi connectivity index (χ4n) is 0.772. The van der Waals surface area contributed by atoms with Crippen LogP contribution in [0, 0.1) is 6.92 Å². The Morgan fingerprint density at radius 3 is 2.64 bits per heavy atom. The summed E-state index contributed by atoms with van der Waals surface area (Å²) < 4.78 is 0. The average molecular weight is 170 g/mol. The van der Waals surface area contributed by atoms with Crippen molar-refractivity contribution in [2.45, 2.75) is 6.92 Å². The molecule has 0 fully saturated rings. The van der Waals surface area contributed by atoms with Crippen molar-refractivity contribution in [3.8, 4) is 0 Å². The minimum absolute atomic E-state index is 0.159. The number of carbonyl (C=O) groups is 1. The fraction of sp³-hybridized carbons (Fsp3) is 0.125. The van der Waals surface area contributed by atoms with Crippen LogP contribution in [0.4, 0.5) is 0 Å². The number of halogens is 1. The zero-order valence-electron chi connectivity index (χ0n) is 5.93. The number of carboxylic acid groups (broad SMARTS) is 1. The van der Waals surface area contributed by atoms with E-state index in [2.05, 4.69) is 0 Å². The molecule has 1 rings (SSSR count). The van der Waals surface area contributed by atoms with Gasteiger partial charge in [0.1, 0.15) is 0 Å². The third-order valence-electron chi connectivity index (χ3n) is 1.39. The normalized spacial score (nSPS) is 9.64. The smallest absolute Gasteiger partial charge is 0.0715 e. The molecule has 11 heavy (non-hydrogen) atoms. The highest BCUT2D eigenvalue weighted by Crippen LogP contribution is 2.15. The molecular formula is C8H6ClO2-. The first-order chi connectivity index (χ1) is 5.11. The molecule has 3 heteroatoms. The molecule has 0 heterocycles. The first-order valence-electron chi connectivity index (χ1n) is 3.09. The van der Waals surface area contributed by atoms with Gasteiger partial charge in [-0.05, 0) is 30.2 Å². The predicted octanol–water partition coefficient (Wildman–Crippen LogP) is 1.01. The summed E-state index contributed by atoms with van der Waals surface area (Å²) in [7, 11) is 0. The third kappa shape index (κ3) is 1.71. The van der Waals surface area contributed by atoms with Crippen LogP contribution in [0.5, 0.6) is 0 Å². The number of carboxylic acids is 1. The summed E-state index contributed by atoms with van der Waals surface area (Å²) in [5, 5.41) is 10.9. The van der Waals surface area contributed by atoms with E-state index >= 15 is 0 Å². The number of aromatic carboxylic acids is 1. The Morgan fingerprint density at radius 1 is 1.55 bits per heavy atom. The van der Waals surface area contributed by atoms with Crippen LogP contribution in [-0.4, -0.2) is 5.97 Å². The zero-order valence-corrected chi connectivity index (χ0v) is 6.68. The quantitative estimate of drug-likeness (QED) is 0.630. The topological polar surface area (TPSA) is 40.1 Å². The van der Waals surface area contributed by atoms with Gasteiger partial charge in [0.2, 0.25) is 0 Å². The van der Waals surface area contributed by atoms with E-state index in [4.69, 9.17) is 11.6 Å². The van der Waals surface area contributed by atoms with Crippen molar-refractivity contribution in [1.82, 2.24) is 0 Å². The number of hydrogen-bond acceptors (Lipinski definition) is 2. The Balaban J connectivity index is 3.15. The lowest BCUT2D eigenvalue weighted by atomic mass is 10.1. The van der Waals surface area contributed by atoms with E-state index in [9.17, 15) is 9.90 Å². The van der Waals surface area contributed by atoms with E-state index in [1.54, 1.807) is 13.0 Å². The van der Waals surface area contributed by atoms with Gasteiger partial charge >= 0.3 is 0 Å². The Hall–Kier alpha value is -1.02. The van der Waals surface area contributed by atoms with Crippen LogP contribution in [0.25, 0.3) is 0 Å². The highest BCUT2D eigenvalue weighted by Gasteiger charge is 1.96. The summed E-state index contributed by atoms with van der Waals surface area (Å²) in [5.74, 6) is -1.18. The van der Waals surface area contributed by atoms with Gasteiger partial charge in [-0.3, -0.25) is 0 Å². The number of aryl methyl sites for hydroxylation is 1. The second-order valence-corrected chi connectivity index (χ2v) is 2.66. The van der Waals surface area contributed by atoms with Crippen molar-refractivity contribution in [3.63, 3.8) is 0 Å². The van der Waals surface area contributed by atoms with Crippen molar-refractivity contribution in [2.24, 2.45) is 0 Å². The van der Waals surface area contributed by atoms with Crippen molar-refractivity contribution >= 4 is 17.6 Å². The Kier molecular flexibility index (Phi) is 2.15. The van der Waals surface area contributed by atoms with Gasteiger partial charge in [0.15, 0.2) is 0 Å². The molecule has 0 saturated carbocycles. The molecule has 58 valence electrons. The summed E-state index contributed by atoms with van der Waals surface area (Å²) in [6.07, 6.45) is 0. The van der Waals surface area contributed by atoms with Crippen LogP contribution in [0.3, 0.4) is 0 Å². The maximum Gasteiger partial charge on any atom is 0.0715 e. The maximum absolute atomic E-state index is 10.3. The Labute approximate surface area is 69.4 Å². The largest absolute Gasteiger partial charge is 0.545 e. The van der Waals surface area contributed by atoms with Gasteiger partial charge in [-0.1, -0.05) is 17.7 Å². The molecular weight excluding hydrogens is 164 g/mol. The van der Waals surface area contributed by atoms with Crippen LogP contribution in [0.15, 0.2) is 18.2 Å². The van der Waals surface area contributed by atoms with E-state index in [0.29, 0.717) is 5.02 Å². The number of hydrogen-bond donors (Lipinski definition) is 0. The minimum atomic E-state index is -1.18. The van der Waals surface area contributed by atoms with Gasteiger partial charge in [-0.2, -0.15) is 0 Å². The predicted molar refractivity (Wildman–Crippen MR) is 40.5 cm³/mol. The molecule has 0 N–H and O–H groups in total. The molecule has 0 atom stereocenters. The highest BCUT2D eigenvalue weighted by molar-refractivity contribution is 6.31. The summed E-state index contributed by atoms with van der Waals surface area (Å²) in [6.45, 7) is 1.74. The molecule has 1 aromatic carbocycles. The number of rotatable bonds is 1. The molecule has 0 radical (unpaired) electrons. The highest BCUT2D eigenvalue weighted by atomic mass is 35.5. The van der Waals surface area contributed by atoms with Crippen molar-refractivity contribution in [3.05, 3.63) is 34.3 Å². The Morgan fingerprint density at radius 2 is 2.18 bits per heavy atom. The summed E-state index contributed by atoms with van der Waals surface area (Å²) in [6, 6.07) is 4.45. The molecule has 0 saturated heterocycles. The molecule has 0 aliphatic heterocycles. The molecule has 0 spiro atoms. The average Bonchev–Trinajstić information content (AvgIpc) is 1.94. The molecule has 2 nitrogen and oxygen atoms in total. The van der Waals surface area contributed by atoms with Crippen molar-refractivity contribution in [2.75, 3.05) is 0 Å². The second-order valence-electron chi connectivity index (χ2n) is 2.25. The van der Waals surface area contributed by atoms with Crippen LogP contribution < -0.4 is 5.11 Å². The fourth-order valence-corrected chi connectivity index (χ4v) is 0.889. The lowest BCUT2D eigenvalue weighted by molar-refractivity contribution is -0.255. The zero-order chi connectivity index (χ0) is 8.43. The molecule has 0 bridgehead atoms. The molecule has 0 unspecified atom stereocenters. The molecule has 0 aliphatic rings. The third-order valence-corrected chi connectivity index (χ3v) is 1.82. The molecule has 0 aromatic heterocycles. The van der Waals surface area contributed by atoms with Crippen LogP contribution in [0.2, 0.25) is 5.02 Å². The van der Waals surface area contributed by atoms with E-state index in [0.717, 1.165) is 5.56 Å². The van der Waals surface area contributed by atoms with Crippen molar-refractivity contribution in [1.29, 1.82) is 0 Å². The number of benzene rings is 1. The van der Waals surface area contributed by atoms with Crippen LogP contribution >= 0.6 is 11.6 Å². The van der Waals surface area contributed by atoms with E-state index in [-0.39, 0.29) is 5.56 Å². The summed E-state index contributed by atoms with van der Waals surface area (Å²) in [5.41, 5.74) is 0.903. The second kappa shape index (κ2) is 2.93. The lowest BCUT2D eigenvalue weighted by Gasteiger charge is -2.03. The van der Waals surface area contributed by atoms with Crippen LogP contribution in [0.1, 0.15) is 15.9 Å².